The number of hydrogen-bond acceptors (Lipinski definition) is 0. The number of rotatable bonds is 10. The molecule has 0 spiro atoms. The minimum atomic E-state index is -3.68. The van der Waals surface area contributed by atoms with Crippen molar-refractivity contribution in [2.75, 3.05) is 0 Å². The van der Waals surface area contributed by atoms with Crippen molar-refractivity contribution in [1.29, 1.82) is 0 Å². The summed E-state index contributed by atoms with van der Waals surface area (Å²) < 4.78 is 6.62. The van der Waals surface area contributed by atoms with Crippen molar-refractivity contribution in [2.24, 2.45) is 5.92 Å². The van der Waals surface area contributed by atoms with E-state index in [-0.39, 0.29) is 24.8 Å². The Morgan fingerprint density at radius 1 is 0.571 bits per heavy atom. The van der Waals surface area contributed by atoms with E-state index in [2.05, 4.69) is 162 Å². The van der Waals surface area contributed by atoms with Crippen LogP contribution in [0.1, 0.15) is 120 Å². The minimum absolute atomic E-state index is 0. The first-order valence-electron chi connectivity index (χ1n) is 18.3. The molecule has 2 aliphatic carbocycles. The first-order chi connectivity index (χ1) is 22.4. The second-order valence-corrected chi connectivity index (χ2v) is 46.6. The maximum atomic E-state index is 2.79. The van der Waals surface area contributed by atoms with E-state index >= 15 is 0 Å². The molecule has 0 heterocycles. The van der Waals surface area contributed by atoms with E-state index in [1.54, 1.807) is 22.3 Å². The Balaban J connectivity index is 0.00000270. The molecule has 4 aromatic rings. The Labute approximate surface area is 312 Å². The van der Waals surface area contributed by atoms with Gasteiger partial charge in [0.05, 0.1) is 0 Å². The molecule has 6 rings (SSSR count). The van der Waals surface area contributed by atoms with Crippen LogP contribution in [-0.2, 0) is 17.4 Å². The standard InChI is InChI=1S/C23H27.C20H21.2CH3.2ClH.H2Si.Zr/c1-5-16(3)18-10-12-19(13-11-18)22-9-7-8-20-14-21(15-23(20)22)17(4)6-2;1-4-15(3)16-8-10-17(11-9-16)19-7-5-6-18-12-14(2)13-20(18)19;;;;;;/h7-17H,5-6H2,1-4H3;5-13,15H,4H2,1-3H3;2*1H3;2*1H;1H2;. The monoisotopic (exact) mass is 786 g/mol. The molecule has 0 aromatic heterocycles. The van der Waals surface area contributed by atoms with E-state index in [9.17, 15) is 0 Å². The van der Waals surface area contributed by atoms with Gasteiger partial charge in [-0.2, -0.15) is 0 Å². The molecule has 0 radical (unpaired) electrons. The molecule has 4 aromatic carbocycles. The number of halogens is 2. The molecular weight excluding hydrogens is 731 g/mol. The van der Waals surface area contributed by atoms with Crippen molar-refractivity contribution in [2.45, 2.75) is 96.1 Å². The Morgan fingerprint density at radius 2 is 0.980 bits per heavy atom. The number of benzene rings is 4. The summed E-state index contributed by atoms with van der Waals surface area (Å²) in [6.45, 7) is 19.0. The Morgan fingerprint density at radius 3 is 1.41 bits per heavy atom. The van der Waals surface area contributed by atoms with E-state index in [1.165, 1.54) is 63.8 Å². The molecule has 0 N–H and O–H groups in total. The van der Waals surface area contributed by atoms with Crippen LogP contribution in [0.5, 0.6) is 0 Å². The molecule has 0 saturated heterocycles. The van der Waals surface area contributed by atoms with Gasteiger partial charge >= 0.3 is 290 Å². The summed E-state index contributed by atoms with van der Waals surface area (Å²) in [7, 11) is 0. The molecule has 2 aliphatic rings. The molecule has 0 saturated carbocycles. The van der Waals surface area contributed by atoms with Crippen LogP contribution in [0, 0.1) is 5.92 Å². The molecule has 0 nitrogen and oxygen atoms in total. The van der Waals surface area contributed by atoms with Crippen LogP contribution in [0.15, 0.2) is 96.1 Å². The van der Waals surface area contributed by atoms with Gasteiger partial charge < -0.3 is 0 Å². The topological polar surface area (TPSA) is 0 Å². The average molecular weight is 789 g/mol. The van der Waals surface area contributed by atoms with Gasteiger partial charge in [0, 0.05) is 0 Å². The van der Waals surface area contributed by atoms with Crippen molar-refractivity contribution in [3.63, 3.8) is 0 Å². The average Bonchev–Trinajstić information content (AvgIpc) is 3.66. The fraction of sp³-hybridized carbons (Fsp3) is 0.378. The van der Waals surface area contributed by atoms with Gasteiger partial charge in [0.1, 0.15) is 0 Å². The number of fused-ring (bicyclic) bond motifs is 2. The zero-order chi connectivity index (χ0) is 33.7. The maximum Gasteiger partial charge on any atom is -0.147 e. The summed E-state index contributed by atoms with van der Waals surface area (Å²) >= 11 is -3.68. The van der Waals surface area contributed by atoms with Gasteiger partial charge in [-0.05, 0) is 0 Å². The number of hydrogen-bond donors (Lipinski definition) is 0. The minimum Gasteiger partial charge on any atom is -0.147 e. The summed E-state index contributed by atoms with van der Waals surface area (Å²) in [4.78, 5) is 0. The third kappa shape index (κ3) is 7.11. The molecule has 260 valence electrons. The van der Waals surface area contributed by atoms with Gasteiger partial charge in [0.25, 0.3) is 0 Å². The van der Waals surface area contributed by atoms with Gasteiger partial charge in [-0.25, -0.2) is 0 Å². The second-order valence-electron chi connectivity index (χ2n) is 16.1. The van der Waals surface area contributed by atoms with Crippen LogP contribution in [-0.4, -0.2) is 6.88 Å². The molecule has 0 aliphatic heterocycles. The largest absolute Gasteiger partial charge is 0.147 e. The van der Waals surface area contributed by atoms with Crippen molar-refractivity contribution in [3.8, 4) is 22.3 Å². The first-order valence-corrected chi connectivity index (χ1v) is 32.0. The quantitative estimate of drug-likeness (QED) is 0.140. The summed E-state index contributed by atoms with van der Waals surface area (Å²) in [6, 6.07) is 33.2. The molecule has 0 fully saturated rings. The fourth-order valence-electron chi connectivity index (χ4n) is 9.08. The van der Waals surface area contributed by atoms with Gasteiger partial charge in [0.15, 0.2) is 0 Å². The maximum absolute atomic E-state index is 3.68. The summed E-state index contributed by atoms with van der Waals surface area (Å²) in [6.07, 6.45) is 8.73. The van der Waals surface area contributed by atoms with Crippen LogP contribution in [0.3, 0.4) is 0 Å². The Hall–Kier alpha value is -1.96. The molecule has 5 unspecified atom stereocenters. The molecule has 4 heteroatoms. The fourth-order valence-corrected chi connectivity index (χ4v) is 29.5. The number of allylic oxidation sites excluding steroid dienone is 2. The molecule has 5 atom stereocenters. The smallest absolute Gasteiger partial charge is 0.147 e. The molecule has 0 bridgehead atoms. The normalized spacial score (nSPS) is 18.7. The van der Waals surface area contributed by atoms with Crippen LogP contribution in [0.4, 0.5) is 0 Å². The summed E-state index contributed by atoms with van der Waals surface area (Å²) in [5.41, 5.74) is 17.7. The van der Waals surface area contributed by atoms with E-state index in [0.717, 1.165) is 0 Å². The van der Waals surface area contributed by atoms with Gasteiger partial charge in [-0.3, -0.25) is 0 Å². The SMILES string of the molecule is CCC(C)C1=Cc2c(-c3ccc(C(C)CC)cc3)cccc2[CH]1[Zr]([CH3])([CH3])(=[SiH2])[CH]1C(C)=Cc2c(-c3ccc(C(C)CC)cc3)cccc21.Cl.Cl. The van der Waals surface area contributed by atoms with Gasteiger partial charge in [-0.15, -0.1) is 24.8 Å². The molecule has 0 amide bonds. The van der Waals surface area contributed by atoms with Crippen LogP contribution in [0.25, 0.3) is 34.4 Å². The first kappa shape index (κ1) is 39.8. The van der Waals surface area contributed by atoms with Crippen molar-refractivity contribution in [3.05, 3.63) is 129 Å². The van der Waals surface area contributed by atoms with Gasteiger partial charge in [-0.1, -0.05) is 0 Å². The molecule has 49 heavy (non-hydrogen) atoms. The third-order valence-corrected chi connectivity index (χ3v) is 29.9. The predicted octanol–water partition coefficient (Wildman–Crippen LogP) is 13.9. The van der Waals surface area contributed by atoms with E-state index < -0.39 is 17.4 Å². The Bertz CT molecular complexity index is 1930. The van der Waals surface area contributed by atoms with Crippen LogP contribution < -0.4 is 0 Å². The van der Waals surface area contributed by atoms with E-state index in [0.29, 0.717) is 25.0 Å². The van der Waals surface area contributed by atoms with Gasteiger partial charge in [0.2, 0.25) is 0 Å². The summed E-state index contributed by atoms with van der Waals surface area (Å²) in [5.74, 6) is 1.75. The zero-order valence-electron chi connectivity index (χ0n) is 31.3. The van der Waals surface area contributed by atoms with E-state index in [1.807, 2.05) is 0 Å². The second kappa shape index (κ2) is 15.3. The third-order valence-electron chi connectivity index (χ3n) is 12.3. The Kier molecular flexibility index (Phi) is 12.5. The van der Waals surface area contributed by atoms with Crippen molar-refractivity contribution < 1.29 is 17.4 Å². The van der Waals surface area contributed by atoms with Crippen LogP contribution >= 0.6 is 24.8 Å². The van der Waals surface area contributed by atoms with Crippen molar-refractivity contribution >= 4 is 43.8 Å². The van der Waals surface area contributed by atoms with Crippen LogP contribution in [0.2, 0.25) is 9.26 Å². The molecular formula is C45H58Cl2SiZr. The van der Waals surface area contributed by atoms with Crippen molar-refractivity contribution in [1.82, 2.24) is 0 Å². The zero-order valence-corrected chi connectivity index (χ0v) is 36.8. The predicted molar refractivity (Wildman–Crippen MR) is 223 cm³/mol. The van der Waals surface area contributed by atoms with E-state index in [4.69, 9.17) is 0 Å². The summed E-state index contributed by atoms with van der Waals surface area (Å²) in [5, 5.41) is 0.